The molecule has 5 nitrogen and oxygen atoms in total. The molecule has 1 aromatic heterocycles. The van der Waals surface area contributed by atoms with E-state index in [9.17, 15) is 14.2 Å². The molecule has 0 fully saturated rings. The van der Waals surface area contributed by atoms with Crippen LogP contribution in [0.15, 0.2) is 39.4 Å². The third-order valence-corrected chi connectivity index (χ3v) is 5.14. The summed E-state index contributed by atoms with van der Waals surface area (Å²) in [5, 5.41) is 9.42. The second kappa shape index (κ2) is 5.69. The Morgan fingerprint density at radius 1 is 1.20 bits per heavy atom. The van der Waals surface area contributed by atoms with E-state index in [1.165, 1.54) is 0 Å². The summed E-state index contributed by atoms with van der Waals surface area (Å²) in [5.74, 6) is 0.194. The third-order valence-electron chi connectivity index (χ3n) is 2.79. The number of nitrogens with one attached hydrogen (secondary N) is 1. The molecule has 0 saturated heterocycles. The topological polar surface area (TPSA) is 85.9 Å². The van der Waals surface area contributed by atoms with Gasteiger partial charge >= 0.3 is 0 Å². The van der Waals surface area contributed by atoms with Crippen molar-refractivity contribution in [3.05, 3.63) is 35.0 Å². The van der Waals surface area contributed by atoms with E-state index in [1.54, 1.807) is 26.0 Å². The molecule has 20 heavy (non-hydrogen) atoms. The Labute approximate surface area is 127 Å². The first kappa shape index (κ1) is 15.2. The van der Waals surface area contributed by atoms with Crippen molar-refractivity contribution in [1.29, 1.82) is 0 Å². The molecule has 110 valence electrons. The average molecular weight is 362 g/mol. The summed E-state index contributed by atoms with van der Waals surface area (Å²) >= 11 is 3.34. The molecule has 0 aliphatic rings. The Balaban J connectivity index is 2.40. The predicted molar refractivity (Wildman–Crippen MR) is 85.1 cm³/mol. The number of aromatic hydroxyl groups is 1. The van der Waals surface area contributed by atoms with Crippen LogP contribution in [0.25, 0.3) is 11.3 Å². The van der Waals surface area contributed by atoms with Gasteiger partial charge in [0.15, 0.2) is 11.5 Å². The smallest absolute Gasteiger partial charge is 0.179 e. The van der Waals surface area contributed by atoms with Crippen LogP contribution in [0.5, 0.6) is 5.75 Å². The maximum atomic E-state index is 9.97. The maximum absolute atomic E-state index is 9.97. The van der Waals surface area contributed by atoms with Crippen molar-refractivity contribution in [3.8, 4) is 17.1 Å². The van der Waals surface area contributed by atoms with Gasteiger partial charge in [-0.2, -0.15) is 0 Å². The lowest BCUT2D eigenvalue weighted by molar-refractivity contribution is 0.459. The minimum Gasteiger partial charge on any atom is -0.503 e. The minimum atomic E-state index is -3.06. The lowest BCUT2D eigenvalue weighted by Crippen LogP contribution is -2.18. The molecule has 7 heteroatoms. The van der Waals surface area contributed by atoms with Crippen molar-refractivity contribution < 1.29 is 18.6 Å². The summed E-state index contributed by atoms with van der Waals surface area (Å²) in [5.41, 5.74) is 0.899. The van der Waals surface area contributed by atoms with E-state index < -0.39 is 16.0 Å². The van der Waals surface area contributed by atoms with Crippen molar-refractivity contribution in [2.24, 2.45) is 0 Å². The molecular weight excluding hydrogens is 346 g/mol. The number of anilines is 1. The SMILES string of the molecule is CC(C)S(O)(O)Nc1c(O)coc1-c1ccc(Br)cc1. The van der Waals surface area contributed by atoms with Crippen LogP contribution in [0.4, 0.5) is 5.69 Å². The molecule has 0 bridgehead atoms. The van der Waals surface area contributed by atoms with Gasteiger partial charge < -0.3 is 9.52 Å². The standard InChI is InChI=1S/C13H16BrNO4S/c1-8(2)20(17,18)15-12-11(16)7-19-13(12)9-3-5-10(14)6-4-9/h3-8,15-18H,1-2H3. The highest BCUT2D eigenvalue weighted by Crippen LogP contribution is 2.49. The Morgan fingerprint density at radius 3 is 2.35 bits per heavy atom. The average Bonchev–Trinajstić information content (AvgIpc) is 2.72. The number of benzene rings is 1. The highest BCUT2D eigenvalue weighted by atomic mass is 79.9. The van der Waals surface area contributed by atoms with Crippen LogP contribution >= 0.6 is 26.7 Å². The molecule has 0 saturated carbocycles. The Bertz CT molecular complexity index is 595. The molecule has 0 aliphatic carbocycles. The molecule has 2 aromatic rings. The minimum absolute atomic E-state index is 0.163. The fraction of sp³-hybridized carbons (Fsp3) is 0.231. The van der Waals surface area contributed by atoms with Gasteiger partial charge in [-0.05, 0) is 26.0 Å². The number of hydrogen-bond donors (Lipinski definition) is 4. The highest BCUT2D eigenvalue weighted by molar-refractivity contribution is 9.10. The monoisotopic (exact) mass is 361 g/mol. The molecular formula is C13H16BrNO4S. The van der Waals surface area contributed by atoms with Crippen molar-refractivity contribution in [1.82, 2.24) is 0 Å². The summed E-state index contributed by atoms with van der Waals surface area (Å²) in [4.78, 5) is 0. The zero-order valence-corrected chi connectivity index (χ0v) is 13.4. The van der Waals surface area contributed by atoms with E-state index in [4.69, 9.17) is 4.42 Å². The van der Waals surface area contributed by atoms with E-state index in [-0.39, 0.29) is 11.4 Å². The Morgan fingerprint density at radius 2 is 1.80 bits per heavy atom. The lowest BCUT2D eigenvalue weighted by Gasteiger charge is -2.37. The molecule has 4 N–H and O–H groups in total. The summed E-state index contributed by atoms with van der Waals surface area (Å²) in [6.45, 7) is 3.36. The van der Waals surface area contributed by atoms with Gasteiger partial charge in [0.1, 0.15) is 12.0 Å². The van der Waals surface area contributed by atoms with Gasteiger partial charge in [-0.3, -0.25) is 13.8 Å². The normalized spacial score (nSPS) is 12.7. The van der Waals surface area contributed by atoms with Crippen molar-refractivity contribution in [3.63, 3.8) is 0 Å². The number of furan rings is 1. The van der Waals surface area contributed by atoms with Crippen molar-refractivity contribution in [2.75, 3.05) is 4.72 Å². The first-order valence-electron chi connectivity index (χ1n) is 5.92. The van der Waals surface area contributed by atoms with E-state index in [1.807, 2.05) is 12.1 Å². The quantitative estimate of drug-likeness (QED) is 0.622. The predicted octanol–water partition coefficient (Wildman–Crippen LogP) is 4.90. The molecule has 0 amide bonds. The van der Waals surface area contributed by atoms with Gasteiger partial charge in [0.05, 0.1) is 5.25 Å². The molecule has 1 aromatic carbocycles. The Hall–Kier alpha value is -1.15. The van der Waals surface area contributed by atoms with Crippen LogP contribution in [0.2, 0.25) is 0 Å². The van der Waals surface area contributed by atoms with Gasteiger partial charge in [0.2, 0.25) is 0 Å². The summed E-state index contributed by atoms with van der Waals surface area (Å²) in [6.07, 6.45) is 1.16. The molecule has 0 spiro atoms. The van der Waals surface area contributed by atoms with Crippen LogP contribution in [0.1, 0.15) is 13.8 Å². The van der Waals surface area contributed by atoms with Gasteiger partial charge in [-0.15, -0.1) is 10.8 Å². The van der Waals surface area contributed by atoms with E-state index in [2.05, 4.69) is 20.7 Å². The number of halogens is 1. The van der Waals surface area contributed by atoms with Gasteiger partial charge in [0.25, 0.3) is 0 Å². The summed E-state index contributed by atoms with van der Waals surface area (Å²) < 4.78 is 28.8. The largest absolute Gasteiger partial charge is 0.503 e. The van der Waals surface area contributed by atoms with Crippen molar-refractivity contribution in [2.45, 2.75) is 19.1 Å². The molecule has 0 unspecified atom stereocenters. The van der Waals surface area contributed by atoms with Crippen LogP contribution in [0.3, 0.4) is 0 Å². The van der Waals surface area contributed by atoms with Crippen LogP contribution < -0.4 is 4.72 Å². The van der Waals surface area contributed by atoms with Gasteiger partial charge in [0, 0.05) is 10.0 Å². The Kier molecular flexibility index (Phi) is 4.33. The van der Waals surface area contributed by atoms with E-state index in [0.717, 1.165) is 16.3 Å². The van der Waals surface area contributed by atoms with Crippen molar-refractivity contribution >= 4 is 32.4 Å². The van der Waals surface area contributed by atoms with E-state index in [0.29, 0.717) is 5.76 Å². The summed E-state index contributed by atoms with van der Waals surface area (Å²) in [6, 6.07) is 7.27. The lowest BCUT2D eigenvalue weighted by atomic mass is 10.1. The zero-order chi connectivity index (χ0) is 14.9. The fourth-order valence-corrected chi connectivity index (χ4v) is 2.53. The molecule has 2 rings (SSSR count). The first-order chi connectivity index (χ1) is 9.31. The molecule has 0 radical (unpaired) electrons. The van der Waals surface area contributed by atoms with Crippen LogP contribution in [-0.2, 0) is 0 Å². The number of rotatable bonds is 4. The third kappa shape index (κ3) is 3.12. The maximum Gasteiger partial charge on any atom is 0.179 e. The first-order valence-corrected chi connectivity index (χ1v) is 8.33. The molecule has 0 aliphatic heterocycles. The second-order valence-electron chi connectivity index (χ2n) is 4.58. The fourth-order valence-electron chi connectivity index (χ4n) is 1.53. The zero-order valence-electron chi connectivity index (χ0n) is 11.0. The van der Waals surface area contributed by atoms with Gasteiger partial charge in [-0.1, -0.05) is 28.1 Å². The number of hydrogen-bond acceptors (Lipinski definition) is 5. The van der Waals surface area contributed by atoms with Crippen LogP contribution in [0, 0.1) is 0 Å². The second-order valence-corrected chi connectivity index (χ2v) is 7.82. The van der Waals surface area contributed by atoms with Gasteiger partial charge in [-0.25, -0.2) is 0 Å². The molecule has 0 atom stereocenters. The van der Waals surface area contributed by atoms with Crippen LogP contribution in [-0.4, -0.2) is 19.5 Å². The summed E-state index contributed by atoms with van der Waals surface area (Å²) in [7, 11) is -3.06. The highest BCUT2D eigenvalue weighted by Gasteiger charge is 2.23. The van der Waals surface area contributed by atoms with E-state index >= 15 is 0 Å². The molecule has 1 heterocycles.